The normalized spacial score (nSPS) is 17.7. The molecule has 1 aliphatic rings. The molecule has 21 heavy (non-hydrogen) atoms. The molecule has 0 amide bonds. The van der Waals surface area contributed by atoms with Gasteiger partial charge in [-0.25, -0.2) is 4.98 Å². The van der Waals surface area contributed by atoms with Crippen molar-refractivity contribution in [1.29, 1.82) is 0 Å². The van der Waals surface area contributed by atoms with Crippen molar-refractivity contribution in [2.75, 3.05) is 39.3 Å². The summed E-state index contributed by atoms with van der Waals surface area (Å²) in [6, 6.07) is 0. The second kappa shape index (κ2) is 7.14. The molecule has 0 aliphatic carbocycles. The van der Waals surface area contributed by atoms with E-state index >= 15 is 0 Å². The van der Waals surface area contributed by atoms with Gasteiger partial charge in [0.15, 0.2) is 5.82 Å². The molecule has 1 atom stereocenters. The fourth-order valence-electron chi connectivity index (χ4n) is 2.08. The van der Waals surface area contributed by atoms with Crippen LogP contribution >= 0.6 is 0 Å². The Bertz CT molecular complexity index is 505. The largest absolute Gasteiger partial charge is 0.476 e. The van der Waals surface area contributed by atoms with E-state index in [1.54, 1.807) is 7.11 Å². The van der Waals surface area contributed by atoms with Gasteiger partial charge in [0.1, 0.15) is 6.10 Å². The van der Waals surface area contributed by atoms with E-state index in [1.165, 1.54) is 7.11 Å². The summed E-state index contributed by atoms with van der Waals surface area (Å²) in [4.78, 5) is 19.0. The van der Waals surface area contributed by atoms with Gasteiger partial charge < -0.3 is 19.5 Å². The van der Waals surface area contributed by atoms with E-state index in [0.29, 0.717) is 25.6 Å². The van der Waals surface area contributed by atoms with Crippen LogP contribution in [0.1, 0.15) is 24.8 Å². The van der Waals surface area contributed by atoms with Crippen LogP contribution < -0.4 is 10.1 Å². The van der Waals surface area contributed by atoms with Crippen molar-refractivity contribution in [2.45, 2.75) is 18.9 Å². The molecule has 2 rings (SSSR count). The van der Waals surface area contributed by atoms with Crippen LogP contribution in [0.2, 0.25) is 0 Å². The van der Waals surface area contributed by atoms with Gasteiger partial charge in [-0.2, -0.15) is 4.98 Å². The molecule has 1 saturated heterocycles. The molecular weight excluding hydrogens is 280 g/mol. The molecule has 1 aromatic heterocycles. The molecule has 1 aliphatic heterocycles. The number of methoxy groups -OCH3 is 2. The van der Waals surface area contributed by atoms with Crippen molar-refractivity contribution in [3.63, 3.8) is 0 Å². The van der Waals surface area contributed by atoms with Crippen LogP contribution in [-0.2, 0) is 9.47 Å². The van der Waals surface area contributed by atoms with Gasteiger partial charge in [-0.1, -0.05) is 0 Å². The number of hydrogen-bond acceptors (Lipinski definition) is 8. The molecule has 1 fully saturated rings. The molecule has 1 unspecified atom stereocenters. The van der Waals surface area contributed by atoms with E-state index < -0.39 is 4.92 Å². The van der Waals surface area contributed by atoms with E-state index in [0.717, 1.165) is 12.8 Å². The van der Waals surface area contributed by atoms with Crippen LogP contribution in [0, 0.1) is 10.1 Å². The Morgan fingerprint density at radius 1 is 1.48 bits per heavy atom. The first-order valence-electron chi connectivity index (χ1n) is 6.62. The average Bonchev–Trinajstić information content (AvgIpc) is 3.00. The minimum atomic E-state index is -0.562. The maximum Gasteiger partial charge on any atom is 0.372 e. The van der Waals surface area contributed by atoms with Crippen LogP contribution in [0.25, 0.3) is 0 Å². The lowest BCUT2D eigenvalue weighted by Crippen LogP contribution is -2.14. The Labute approximate surface area is 121 Å². The third-order valence-corrected chi connectivity index (χ3v) is 3.06. The molecule has 116 valence electrons. The van der Waals surface area contributed by atoms with Crippen LogP contribution in [0.3, 0.4) is 0 Å². The molecule has 0 saturated carbocycles. The highest BCUT2D eigenvalue weighted by Gasteiger charge is 2.29. The Hall–Kier alpha value is -2.00. The van der Waals surface area contributed by atoms with Crippen molar-refractivity contribution in [1.82, 2.24) is 9.97 Å². The maximum absolute atomic E-state index is 11.2. The number of anilines is 1. The van der Waals surface area contributed by atoms with E-state index in [-0.39, 0.29) is 23.5 Å². The van der Waals surface area contributed by atoms with Crippen LogP contribution in [-0.4, -0.2) is 48.9 Å². The van der Waals surface area contributed by atoms with Gasteiger partial charge in [0, 0.05) is 20.3 Å². The maximum atomic E-state index is 11.2. The van der Waals surface area contributed by atoms with Crippen LogP contribution in [0.15, 0.2) is 0 Å². The van der Waals surface area contributed by atoms with E-state index in [2.05, 4.69) is 15.3 Å². The molecule has 1 aromatic rings. The molecular formula is C12H18N4O5. The summed E-state index contributed by atoms with van der Waals surface area (Å²) in [6.07, 6.45) is 1.46. The third-order valence-electron chi connectivity index (χ3n) is 3.06. The summed E-state index contributed by atoms with van der Waals surface area (Å²) >= 11 is 0. The molecule has 0 aromatic carbocycles. The number of nitrogens with one attached hydrogen (secondary N) is 1. The van der Waals surface area contributed by atoms with Crippen molar-refractivity contribution in [2.24, 2.45) is 0 Å². The first-order valence-corrected chi connectivity index (χ1v) is 6.62. The Morgan fingerprint density at radius 3 is 2.86 bits per heavy atom. The Balaban J connectivity index is 2.36. The summed E-state index contributed by atoms with van der Waals surface area (Å²) in [7, 11) is 2.89. The van der Waals surface area contributed by atoms with Crippen LogP contribution in [0.4, 0.5) is 11.5 Å². The number of aromatic nitrogens is 2. The van der Waals surface area contributed by atoms with Crippen molar-refractivity contribution >= 4 is 11.5 Å². The summed E-state index contributed by atoms with van der Waals surface area (Å²) < 4.78 is 15.5. The lowest BCUT2D eigenvalue weighted by atomic mass is 10.2. The third kappa shape index (κ3) is 3.56. The topological polar surface area (TPSA) is 109 Å². The summed E-state index contributed by atoms with van der Waals surface area (Å²) in [5, 5.41) is 14.1. The van der Waals surface area contributed by atoms with Gasteiger partial charge in [-0.05, 0) is 12.8 Å². The molecule has 9 nitrogen and oxygen atoms in total. The SMILES string of the molecule is COCCNc1nc(C2CCCO2)nc(OC)c1[N+](=O)[O-]. The summed E-state index contributed by atoms with van der Waals surface area (Å²) in [5.74, 6) is 0.449. The summed E-state index contributed by atoms with van der Waals surface area (Å²) in [6.45, 7) is 1.43. The predicted octanol–water partition coefficient (Wildman–Crippen LogP) is 1.30. The Kier molecular flexibility index (Phi) is 5.23. The van der Waals surface area contributed by atoms with Crippen molar-refractivity contribution < 1.29 is 19.1 Å². The zero-order chi connectivity index (χ0) is 15.2. The summed E-state index contributed by atoms with van der Waals surface area (Å²) in [5.41, 5.74) is -0.282. The van der Waals surface area contributed by atoms with E-state index in [9.17, 15) is 10.1 Å². The molecule has 0 bridgehead atoms. The fraction of sp³-hybridized carbons (Fsp3) is 0.667. The number of nitro groups is 1. The average molecular weight is 298 g/mol. The molecule has 0 radical (unpaired) electrons. The van der Waals surface area contributed by atoms with Gasteiger partial charge >= 0.3 is 5.69 Å². The predicted molar refractivity (Wildman–Crippen MR) is 73.5 cm³/mol. The monoisotopic (exact) mass is 298 g/mol. The highest BCUT2D eigenvalue weighted by atomic mass is 16.6. The van der Waals surface area contributed by atoms with Crippen molar-refractivity contribution in [3.8, 4) is 5.88 Å². The Morgan fingerprint density at radius 2 is 2.29 bits per heavy atom. The highest BCUT2D eigenvalue weighted by Crippen LogP contribution is 2.35. The second-order valence-electron chi connectivity index (χ2n) is 4.47. The van der Waals surface area contributed by atoms with Gasteiger partial charge in [-0.3, -0.25) is 10.1 Å². The minimum Gasteiger partial charge on any atom is -0.476 e. The van der Waals surface area contributed by atoms with Gasteiger partial charge in [0.25, 0.3) is 5.88 Å². The molecule has 9 heteroatoms. The fourth-order valence-corrected chi connectivity index (χ4v) is 2.08. The number of nitrogens with zero attached hydrogens (tertiary/aromatic N) is 3. The van der Waals surface area contributed by atoms with E-state index in [1.807, 2.05) is 0 Å². The van der Waals surface area contributed by atoms with Gasteiger partial charge in [-0.15, -0.1) is 0 Å². The first-order chi connectivity index (χ1) is 10.2. The first kappa shape index (κ1) is 15.4. The lowest BCUT2D eigenvalue weighted by molar-refractivity contribution is -0.385. The number of hydrogen-bond donors (Lipinski definition) is 1. The molecule has 0 spiro atoms. The lowest BCUT2D eigenvalue weighted by Gasteiger charge is -2.13. The second-order valence-corrected chi connectivity index (χ2v) is 4.47. The van der Waals surface area contributed by atoms with E-state index in [4.69, 9.17) is 14.2 Å². The number of rotatable bonds is 7. The van der Waals surface area contributed by atoms with Gasteiger partial charge in [0.2, 0.25) is 5.82 Å². The molecule has 1 N–H and O–H groups in total. The smallest absolute Gasteiger partial charge is 0.372 e. The quantitative estimate of drug-likeness (QED) is 0.456. The zero-order valence-electron chi connectivity index (χ0n) is 12.0. The molecule has 2 heterocycles. The van der Waals surface area contributed by atoms with Crippen LogP contribution in [0.5, 0.6) is 5.88 Å². The van der Waals surface area contributed by atoms with Gasteiger partial charge in [0.05, 0.1) is 18.6 Å². The number of ether oxygens (including phenoxy) is 3. The zero-order valence-corrected chi connectivity index (χ0v) is 12.0. The highest BCUT2D eigenvalue weighted by molar-refractivity contribution is 5.61. The minimum absolute atomic E-state index is 0.0691. The standard InChI is InChI=1S/C12H18N4O5/c1-19-7-5-13-11-9(16(17)18)12(20-2)15-10(14-11)8-4-3-6-21-8/h8H,3-7H2,1-2H3,(H,13,14,15). The van der Waals surface area contributed by atoms with Crippen molar-refractivity contribution in [3.05, 3.63) is 15.9 Å².